The van der Waals surface area contributed by atoms with Crippen LogP contribution in [0.2, 0.25) is 0 Å². The number of fused-ring (bicyclic) bond motifs is 1. The van der Waals surface area contributed by atoms with Gasteiger partial charge in [0.25, 0.3) is 5.91 Å². The van der Waals surface area contributed by atoms with Gasteiger partial charge in [-0.05, 0) is 32.2 Å². The maximum atomic E-state index is 13.2. The maximum absolute atomic E-state index is 13.2. The minimum Gasteiger partial charge on any atom is -0.368 e. The van der Waals surface area contributed by atoms with Crippen molar-refractivity contribution in [2.45, 2.75) is 19.3 Å². The van der Waals surface area contributed by atoms with Crippen LogP contribution in [0, 0.1) is 6.92 Å². The van der Waals surface area contributed by atoms with Gasteiger partial charge < -0.3 is 15.1 Å². The largest absolute Gasteiger partial charge is 0.416 e. The highest BCUT2D eigenvalue weighted by Gasteiger charge is 2.37. The highest BCUT2D eigenvalue weighted by atomic mass is 35.5. The molecule has 16 heteroatoms. The number of alkyl halides is 6. The highest BCUT2D eigenvalue weighted by Crippen LogP contribution is 2.37. The average Bonchev–Trinajstić information content (AvgIpc) is 3.11. The molecule has 0 unspecified atom stereocenters. The number of hydrogen-bond acceptors (Lipinski definition) is 6. The lowest BCUT2D eigenvalue weighted by Gasteiger charge is -2.35. The first-order valence-corrected chi connectivity index (χ1v) is 11.3. The van der Waals surface area contributed by atoms with Crippen molar-refractivity contribution in [3.8, 4) is 0 Å². The van der Waals surface area contributed by atoms with Crippen molar-refractivity contribution in [1.29, 1.82) is 0 Å². The lowest BCUT2D eigenvalue weighted by Crippen LogP contribution is -2.45. The lowest BCUT2D eigenvalue weighted by molar-refractivity contribution is -0.143. The van der Waals surface area contributed by atoms with Crippen LogP contribution in [0.25, 0.3) is 11.0 Å². The SMILES string of the molecule is Cc1nn(C)c2ncc(C(=O)NC(=O)Nc3cc(C(F)(F)F)cc(C(F)(F)F)c3)c(N3CCN(C)CC3)c12.Cl. The van der Waals surface area contributed by atoms with Gasteiger partial charge in [0.1, 0.15) is 0 Å². The molecule has 2 aromatic heterocycles. The number of carbonyl (C=O) groups excluding carboxylic acids is 2. The number of benzene rings is 1. The maximum Gasteiger partial charge on any atom is 0.416 e. The Hall–Kier alpha value is -3.59. The predicted molar refractivity (Wildman–Crippen MR) is 133 cm³/mol. The first-order chi connectivity index (χ1) is 17.6. The Morgan fingerprint density at radius 3 is 2.03 bits per heavy atom. The third-order valence-electron chi connectivity index (χ3n) is 6.14. The van der Waals surface area contributed by atoms with Gasteiger partial charge in [-0.25, -0.2) is 9.78 Å². The summed E-state index contributed by atoms with van der Waals surface area (Å²) in [5.74, 6) is -0.933. The van der Waals surface area contributed by atoms with Crippen LogP contribution in [0.1, 0.15) is 27.2 Å². The van der Waals surface area contributed by atoms with E-state index in [1.807, 2.05) is 22.6 Å². The van der Waals surface area contributed by atoms with Gasteiger partial charge in [-0.15, -0.1) is 12.4 Å². The molecule has 0 spiro atoms. The third-order valence-corrected chi connectivity index (χ3v) is 6.14. The summed E-state index contributed by atoms with van der Waals surface area (Å²) >= 11 is 0. The van der Waals surface area contributed by atoms with Crippen molar-refractivity contribution in [2.24, 2.45) is 7.05 Å². The summed E-state index contributed by atoms with van der Waals surface area (Å²) in [5, 5.41) is 8.83. The molecule has 0 atom stereocenters. The minimum atomic E-state index is -5.09. The molecule has 3 heterocycles. The summed E-state index contributed by atoms with van der Waals surface area (Å²) in [7, 11) is 3.64. The Morgan fingerprint density at radius 1 is 0.923 bits per heavy atom. The Balaban J connectivity index is 0.00000420. The Bertz CT molecular complexity index is 1370. The molecule has 1 fully saturated rings. The van der Waals surface area contributed by atoms with Crippen LogP contribution < -0.4 is 15.5 Å². The number of imide groups is 1. The van der Waals surface area contributed by atoms with Gasteiger partial charge in [0.05, 0.1) is 33.5 Å². The molecule has 3 aromatic rings. The standard InChI is InChI=1S/C23H23F6N7O2.ClH/c1-12-17-18(36-6-4-34(2)5-7-36)16(11-30-19(17)35(3)33-12)20(37)32-21(38)31-15-9-13(22(24,25)26)8-14(10-15)23(27,28)29;/h8-11H,4-7H2,1-3H3,(H2,31,32,37,38);1H. The molecule has 3 amide bonds. The number of aryl methyl sites for hydroxylation is 2. The Kier molecular flexibility index (Phi) is 8.36. The number of anilines is 2. The quantitative estimate of drug-likeness (QED) is 0.445. The number of carbonyl (C=O) groups is 2. The molecule has 9 nitrogen and oxygen atoms in total. The van der Waals surface area contributed by atoms with Crippen LogP contribution in [0.15, 0.2) is 24.4 Å². The van der Waals surface area contributed by atoms with Crippen molar-refractivity contribution >= 4 is 46.8 Å². The van der Waals surface area contributed by atoms with Gasteiger partial charge in [-0.3, -0.25) is 14.8 Å². The topological polar surface area (TPSA) is 95.4 Å². The van der Waals surface area contributed by atoms with Gasteiger partial charge in [-0.2, -0.15) is 31.4 Å². The molecule has 0 aliphatic carbocycles. The molecular weight excluding hydrogens is 556 g/mol. The van der Waals surface area contributed by atoms with Crippen LogP contribution in [0.4, 0.5) is 42.5 Å². The smallest absolute Gasteiger partial charge is 0.368 e. The fourth-order valence-corrected chi connectivity index (χ4v) is 4.28. The summed E-state index contributed by atoms with van der Waals surface area (Å²) in [6.07, 6.45) is -8.93. The predicted octanol–water partition coefficient (Wildman–Crippen LogP) is 4.45. The molecule has 4 rings (SSSR count). The van der Waals surface area contributed by atoms with Crippen LogP contribution in [-0.4, -0.2) is 64.8 Å². The van der Waals surface area contributed by atoms with Crippen molar-refractivity contribution in [1.82, 2.24) is 25.0 Å². The molecule has 2 N–H and O–H groups in total. The second-order valence-corrected chi connectivity index (χ2v) is 8.92. The van der Waals surface area contributed by atoms with E-state index in [1.54, 1.807) is 18.7 Å². The van der Waals surface area contributed by atoms with Gasteiger partial charge in [0.15, 0.2) is 5.65 Å². The number of urea groups is 1. The fourth-order valence-electron chi connectivity index (χ4n) is 4.28. The first kappa shape index (κ1) is 30.0. The zero-order chi connectivity index (χ0) is 28.0. The monoisotopic (exact) mass is 579 g/mol. The van der Waals surface area contributed by atoms with Crippen molar-refractivity contribution < 1.29 is 35.9 Å². The van der Waals surface area contributed by atoms with E-state index in [0.29, 0.717) is 60.7 Å². The second kappa shape index (κ2) is 10.9. The van der Waals surface area contributed by atoms with Crippen LogP contribution in [0.5, 0.6) is 0 Å². The molecule has 212 valence electrons. The molecule has 1 aliphatic rings. The second-order valence-electron chi connectivity index (χ2n) is 8.92. The van der Waals surface area contributed by atoms with Gasteiger partial charge in [0.2, 0.25) is 0 Å². The Morgan fingerprint density at radius 2 is 1.49 bits per heavy atom. The third kappa shape index (κ3) is 6.36. The number of likely N-dealkylation sites (N-methyl/N-ethyl adjacent to an activating group) is 1. The average molecular weight is 580 g/mol. The molecule has 0 radical (unpaired) electrons. The molecule has 1 saturated heterocycles. The van der Waals surface area contributed by atoms with Crippen molar-refractivity contribution in [3.63, 3.8) is 0 Å². The van der Waals surface area contributed by atoms with Crippen molar-refractivity contribution in [3.05, 3.63) is 46.8 Å². The summed E-state index contributed by atoms with van der Waals surface area (Å²) in [6, 6.07) is -0.675. The minimum absolute atomic E-state index is 0. The van der Waals surface area contributed by atoms with Crippen LogP contribution in [0.3, 0.4) is 0 Å². The summed E-state index contributed by atoms with van der Waals surface area (Å²) in [6.45, 7) is 4.25. The number of halogens is 7. The van der Waals surface area contributed by atoms with Gasteiger partial charge in [-0.1, -0.05) is 0 Å². The van der Waals surface area contributed by atoms with E-state index in [9.17, 15) is 35.9 Å². The van der Waals surface area contributed by atoms with E-state index in [1.165, 1.54) is 6.20 Å². The number of rotatable bonds is 3. The summed E-state index contributed by atoms with van der Waals surface area (Å²) in [5.41, 5.74) is -2.41. The van der Waals surface area contributed by atoms with E-state index in [-0.39, 0.29) is 24.0 Å². The normalized spacial score (nSPS) is 14.7. The number of aromatic nitrogens is 3. The molecule has 39 heavy (non-hydrogen) atoms. The number of amides is 3. The van der Waals surface area contributed by atoms with Gasteiger partial charge >= 0.3 is 18.4 Å². The summed E-state index contributed by atoms with van der Waals surface area (Å²) < 4.78 is 80.4. The number of pyridine rings is 1. The zero-order valence-corrected chi connectivity index (χ0v) is 21.7. The van der Waals surface area contributed by atoms with Crippen molar-refractivity contribution in [2.75, 3.05) is 43.4 Å². The first-order valence-electron chi connectivity index (χ1n) is 11.3. The van der Waals surface area contributed by atoms with E-state index in [2.05, 4.69) is 15.0 Å². The van der Waals surface area contributed by atoms with E-state index in [4.69, 9.17) is 0 Å². The molecule has 0 bridgehead atoms. The zero-order valence-electron chi connectivity index (χ0n) is 20.9. The number of nitrogens with zero attached hydrogens (tertiary/aromatic N) is 5. The fraction of sp³-hybridized carbons (Fsp3) is 0.391. The molecular formula is C23H24ClF6N7O2. The molecule has 1 aromatic carbocycles. The lowest BCUT2D eigenvalue weighted by atomic mass is 10.1. The molecule has 1 aliphatic heterocycles. The van der Waals surface area contributed by atoms with Crippen LogP contribution >= 0.6 is 12.4 Å². The number of nitrogens with one attached hydrogen (secondary N) is 2. The number of piperazine rings is 1. The van der Waals surface area contributed by atoms with E-state index in [0.717, 1.165) is 0 Å². The van der Waals surface area contributed by atoms with E-state index < -0.39 is 41.1 Å². The molecule has 0 saturated carbocycles. The summed E-state index contributed by atoms with van der Waals surface area (Å²) in [4.78, 5) is 34.0. The van der Waals surface area contributed by atoms with Gasteiger partial charge in [0, 0.05) is 45.1 Å². The Labute approximate surface area is 224 Å². The highest BCUT2D eigenvalue weighted by molar-refractivity contribution is 6.13. The van der Waals surface area contributed by atoms with Crippen LogP contribution in [-0.2, 0) is 19.4 Å². The number of hydrogen-bond donors (Lipinski definition) is 2. The van der Waals surface area contributed by atoms with E-state index >= 15 is 0 Å².